The molecule has 0 saturated heterocycles. The number of aromatic nitrogens is 1. The molecule has 0 saturated carbocycles. The average molecular weight is 502 g/mol. The number of alkyl halides is 6. The highest BCUT2D eigenvalue weighted by molar-refractivity contribution is 6.04. The van der Waals surface area contributed by atoms with Crippen LogP contribution in [0.5, 0.6) is 5.75 Å². The van der Waals surface area contributed by atoms with Crippen LogP contribution in [0.3, 0.4) is 0 Å². The Labute approximate surface area is 194 Å². The summed E-state index contributed by atoms with van der Waals surface area (Å²) in [4.78, 5) is 25.4. The molecule has 0 bridgehead atoms. The van der Waals surface area contributed by atoms with E-state index in [1.807, 2.05) is 0 Å². The second-order valence-corrected chi connectivity index (χ2v) is 7.83. The van der Waals surface area contributed by atoms with Gasteiger partial charge in [0.1, 0.15) is 37.9 Å². The zero-order valence-corrected chi connectivity index (χ0v) is 18.3. The molecule has 2 N–H and O–H groups in total. The number of pyridine rings is 1. The zero-order valence-electron chi connectivity index (χ0n) is 18.3. The van der Waals surface area contributed by atoms with Crippen molar-refractivity contribution in [3.8, 4) is 11.4 Å². The summed E-state index contributed by atoms with van der Waals surface area (Å²) >= 11 is 0. The van der Waals surface area contributed by atoms with Crippen molar-refractivity contribution in [2.24, 2.45) is 5.41 Å². The molecule has 0 aliphatic carbocycles. The standard InChI is InChI=1S/C23H20F6N2O4/c1-34-21(33)18-19(30)16-7-2-13(23(27,28)29)8-17(16)31(20(18)32)14-3-5-15(6-4-14)35-12-22(9-24,10-25)11-26/h2-8H,9-12,30H2,1H3. The van der Waals surface area contributed by atoms with Gasteiger partial charge in [0.05, 0.1) is 29.3 Å². The number of nitrogens with zero attached hydrogens (tertiary/aromatic N) is 1. The minimum absolute atomic E-state index is 0.00283. The van der Waals surface area contributed by atoms with Crippen LogP contribution in [0.25, 0.3) is 16.6 Å². The van der Waals surface area contributed by atoms with E-state index in [2.05, 4.69) is 4.74 Å². The predicted molar refractivity (Wildman–Crippen MR) is 116 cm³/mol. The van der Waals surface area contributed by atoms with Gasteiger partial charge in [-0.1, -0.05) is 6.07 Å². The van der Waals surface area contributed by atoms with E-state index < -0.39 is 60.9 Å². The third kappa shape index (κ3) is 4.91. The largest absolute Gasteiger partial charge is 0.493 e. The molecule has 0 aliphatic heterocycles. The van der Waals surface area contributed by atoms with E-state index in [0.717, 1.165) is 29.9 Å². The van der Waals surface area contributed by atoms with E-state index in [9.17, 15) is 35.9 Å². The second-order valence-electron chi connectivity index (χ2n) is 7.83. The van der Waals surface area contributed by atoms with Gasteiger partial charge in [-0.3, -0.25) is 22.5 Å². The van der Waals surface area contributed by atoms with Crippen molar-refractivity contribution in [2.75, 3.05) is 39.5 Å². The van der Waals surface area contributed by atoms with E-state index >= 15 is 0 Å². The number of anilines is 1. The molecule has 35 heavy (non-hydrogen) atoms. The summed E-state index contributed by atoms with van der Waals surface area (Å²) in [5, 5.41) is -0.00283. The molecule has 12 heteroatoms. The highest BCUT2D eigenvalue weighted by Gasteiger charge is 2.33. The van der Waals surface area contributed by atoms with Crippen molar-refractivity contribution in [3.63, 3.8) is 0 Å². The van der Waals surface area contributed by atoms with Crippen LogP contribution in [0.1, 0.15) is 15.9 Å². The quantitative estimate of drug-likeness (QED) is 0.358. The van der Waals surface area contributed by atoms with Crippen LogP contribution in [0.2, 0.25) is 0 Å². The molecule has 2 aromatic carbocycles. The first-order chi connectivity index (χ1) is 16.5. The molecular formula is C23H20F6N2O4. The first-order valence-corrected chi connectivity index (χ1v) is 10.1. The maximum Gasteiger partial charge on any atom is 0.416 e. The number of hydrogen-bond donors (Lipinski definition) is 1. The number of hydrogen-bond acceptors (Lipinski definition) is 5. The fourth-order valence-electron chi connectivity index (χ4n) is 3.30. The smallest absolute Gasteiger partial charge is 0.416 e. The van der Waals surface area contributed by atoms with Gasteiger partial charge in [-0.05, 0) is 36.4 Å². The summed E-state index contributed by atoms with van der Waals surface area (Å²) in [6.45, 7) is -4.48. The fraction of sp³-hybridized carbons (Fsp3) is 0.304. The monoisotopic (exact) mass is 502 g/mol. The highest BCUT2D eigenvalue weighted by atomic mass is 19.4. The number of nitrogen functional groups attached to an aromatic ring is 1. The average Bonchev–Trinajstić information content (AvgIpc) is 2.85. The molecule has 0 spiro atoms. The Hall–Kier alpha value is -3.70. The highest BCUT2D eigenvalue weighted by Crippen LogP contribution is 2.34. The summed E-state index contributed by atoms with van der Waals surface area (Å²) < 4.78 is 89.9. The number of methoxy groups -OCH3 is 1. The van der Waals surface area contributed by atoms with Gasteiger partial charge in [0, 0.05) is 11.1 Å². The molecule has 0 amide bonds. The third-order valence-electron chi connectivity index (χ3n) is 5.42. The summed E-state index contributed by atoms with van der Waals surface area (Å²) in [7, 11) is 1.01. The molecule has 0 atom stereocenters. The molecule has 1 heterocycles. The Morgan fingerprint density at radius 3 is 2.11 bits per heavy atom. The number of benzene rings is 2. The van der Waals surface area contributed by atoms with Crippen LogP contribution in [0.4, 0.5) is 32.0 Å². The second kappa shape index (κ2) is 9.88. The van der Waals surface area contributed by atoms with Crippen LogP contribution in [0, 0.1) is 5.41 Å². The number of esters is 1. The van der Waals surface area contributed by atoms with Gasteiger partial charge in [0.2, 0.25) is 0 Å². The first-order valence-electron chi connectivity index (χ1n) is 10.1. The van der Waals surface area contributed by atoms with Crippen LogP contribution in [0.15, 0.2) is 47.3 Å². The molecule has 1 aromatic heterocycles. The van der Waals surface area contributed by atoms with E-state index in [0.29, 0.717) is 0 Å². The minimum atomic E-state index is -4.72. The van der Waals surface area contributed by atoms with Gasteiger partial charge in [-0.15, -0.1) is 0 Å². The Bertz CT molecular complexity index is 1280. The lowest BCUT2D eigenvalue weighted by atomic mass is 9.95. The van der Waals surface area contributed by atoms with Crippen LogP contribution >= 0.6 is 0 Å². The maximum absolute atomic E-state index is 13.3. The molecule has 6 nitrogen and oxygen atoms in total. The van der Waals surface area contributed by atoms with E-state index in [1.165, 1.54) is 24.3 Å². The van der Waals surface area contributed by atoms with Gasteiger partial charge in [0.25, 0.3) is 5.56 Å². The normalized spacial score (nSPS) is 12.1. The third-order valence-corrected chi connectivity index (χ3v) is 5.42. The first kappa shape index (κ1) is 25.9. The molecule has 3 rings (SSSR count). The van der Waals surface area contributed by atoms with Crippen molar-refractivity contribution >= 4 is 22.6 Å². The van der Waals surface area contributed by atoms with Crippen molar-refractivity contribution in [2.45, 2.75) is 6.18 Å². The van der Waals surface area contributed by atoms with Crippen LogP contribution in [-0.4, -0.2) is 44.3 Å². The lowest BCUT2D eigenvalue weighted by Crippen LogP contribution is -2.35. The SMILES string of the molecule is COC(=O)c1c(N)c2ccc(C(F)(F)F)cc2n(-c2ccc(OCC(CF)(CF)CF)cc2)c1=O. The molecule has 0 unspecified atom stereocenters. The number of nitrogens with two attached hydrogens (primary N) is 1. The molecule has 0 radical (unpaired) electrons. The summed E-state index contributed by atoms with van der Waals surface area (Å²) in [5.41, 5.74) is 0.797. The van der Waals surface area contributed by atoms with Crippen molar-refractivity contribution in [1.29, 1.82) is 0 Å². The van der Waals surface area contributed by atoms with Gasteiger partial charge < -0.3 is 15.2 Å². The van der Waals surface area contributed by atoms with E-state index in [-0.39, 0.29) is 28.0 Å². The molecule has 188 valence electrons. The van der Waals surface area contributed by atoms with Crippen LogP contribution in [-0.2, 0) is 10.9 Å². The number of carbonyl (C=O) groups is 1. The van der Waals surface area contributed by atoms with Gasteiger partial charge >= 0.3 is 12.1 Å². The lowest BCUT2D eigenvalue weighted by Gasteiger charge is -2.24. The molecule has 3 aromatic rings. The Kier molecular flexibility index (Phi) is 7.32. The molecular weight excluding hydrogens is 482 g/mol. The maximum atomic E-state index is 13.3. The van der Waals surface area contributed by atoms with E-state index in [4.69, 9.17) is 10.5 Å². The number of ether oxygens (including phenoxy) is 2. The van der Waals surface area contributed by atoms with E-state index in [1.54, 1.807) is 0 Å². The van der Waals surface area contributed by atoms with Crippen LogP contribution < -0.4 is 16.0 Å². The van der Waals surface area contributed by atoms with Gasteiger partial charge in [-0.2, -0.15) is 13.2 Å². The summed E-state index contributed by atoms with van der Waals surface area (Å²) in [6.07, 6.45) is -4.72. The Morgan fingerprint density at radius 1 is 1.00 bits per heavy atom. The number of carbonyl (C=O) groups excluding carboxylic acids is 1. The fourth-order valence-corrected chi connectivity index (χ4v) is 3.30. The topological polar surface area (TPSA) is 83.6 Å². The van der Waals surface area contributed by atoms with Crippen molar-refractivity contribution in [1.82, 2.24) is 4.57 Å². The number of rotatable bonds is 8. The number of halogens is 6. The Balaban J connectivity index is 2.16. The summed E-state index contributed by atoms with van der Waals surface area (Å²) in [6, 6.07) is 7.61. The predicted octanol–water partition coefficient (Wildman–Crippen LogP) is 4.65. The summed E-state index contributed by atoms with van der Waals surface area (Å²) in [5.74, 6) is -1.02. The molecule has 0 fully saturated rings. The van der Waals surface area contributed by atoms with Gasteiger partial charge in [0.15, 0.2) is 0 Å². The Morgan fingerprint density at radius 2 is 1.60 bits per heavy atom. The number of fused-ring (bicyclic) bond motifs is 1. The zero-order chi connectivity index (χ0) is 26.0. The minimum Gasteiger partial charge on any atom is -0.493 e. The van der Waals surface area contributed by atoms with Crippen molar-refractivity contribution < 1.29 is 40.6 Å². The van der Waals surface area contributed by atoms with Crippen molar-refractivity contribution in [3.05, 3.63) is 63.9 Å². The van der Waals surface area contributed by atoms with Gasteiger partial charge in [-0.25, -0.2) is 4.79 Å². The lowest BCUT2D eigenvalue weighted by molar-refractivity contribution is -0.137. The molecule has 0 aliphatic rings.